The smallest absolute Gasteiger partial charge is 0.223 e. The number of hydrogen-bond donors (Lipinski definition) is 2. The van der Waals surface area contributed by atoms with Crippen LogP contribution in [0.1, 0.15) is 34.1 Å². The maximum Gasteiger partial charge on any atom is 0.223 e. The van der Waals surface area contributed by atoms with E-state index >= 15 is 0 Å². The van der Waals surface area contributed by atoms with Crippen molar-refractivity contribution in [3.05, 3.63) is 0 Å². The molecule has 0 radical (unpaired) electrons. The molecule has 2 N–H and O–H groups in total. The molecular formula is C12H25ClN2O. The van der Waals surface area contributed by atoms with Crippen LogP contribution in [0, 0.1) is 17.8 Å². The quantitative estimate of drug-likeness (QED) is 0.800. The molecule has 0 aromatic rings. The predicted octanol–water partition coefficient (Wildman–Crippen LogP) is 1.81. The van der Waals surface area contributed by atoms with Crippen molar-refractivity contribution >= 4 is 18.3 Å². The van der Waals surface area contributed by atoms with Crippen LogP contribution in [-0.4, -0.2) is 25.0 Å². The van der Waals surface area contributed by atoms with Gasteiger partial charge in [0.05, 0.1) is 0 Å². The molecule has 0 aromatic heterocycles. The largest absolute Gasteiger partial charge is 0.352 e. The average Bonchev–Trinajstić information content (AvgIpc) is 2.20. The van der Waals surface area contributed by atoms with Crippen LogP contribution in [0.25, 0.3) is 0 Å². The van der Waals surface area contributed by atoms with E-state index in [-0.39, 0.29) is 24.2 Å². The fraction of sp³-hybridized carbons (Fsp3) is 0.917. The third-order valence-corrected chi connectivity index (χ3v) is 3.57. The Morgan fingerprint density at radius 3 is 2.50 bits per heavy atom. The standard InChI is InChI=1S/C12H24N2O.ClH/c1-8(2)10(4)12(15)14-11-7-13-6-5-9(11)3;/h8-11,13H,5-7H2,1-4H3,(H,14,15);1H. The van der Waals surface area contributed by atoms with Crippen molar-refractivity contribution < 1.29 is 4.79 Å². The maximum atomic E-state index is 11.9. The monoisotopic (exact) mass is 248 g/mol. The number of nitrogens with one attached hydrogen (secondary N) is 2. The molecule has 3 atom stereocenters. The van der Waals surface area contributed by atoms with Crippen molar-refractivity contribution in [2.75, 3.05) is 13.1 Å². The SMILES string of the molecule is CC(C)C(C)C(=O)NC1CNCCC1C.Cl. The van der Waals surface area contributed by atoms with Crippen molar-refractivity contribution in [1.29, 1.82) is 0 Å². The van der Waals surface area contributed by atoms with Crippen LogP contribution in [0.5, 0.6) is 0 Å². The molecule has 0 spiro atoms. The van der Waals surface area contributed by atoms with E-state index < -0.39 is 0 Å². The number of amides is 1. The molecule has 0 bridgehead atoms. The normalized spacial score (nSPS) is 27.1. The Balaban J connectivity index is 0.00000225. The van der Waals surface area contributed by atoms with E-state index in [9.17, 15) is 4.79 Å². The lowest BCUT2D eigenvalue weighted by molar-refractivity contribution is -0.126. The number of rotatable bonds is 3. The minimum absolute atomic E-state index is 0. The second-order valence-electron chi connectivity index (χ2n) is 5.12. The molecule has 4 heteroatoms. The summed E-state index contributed by atoms with van der Waals surface area (Å²) < 4.78 is 0. The molecular weight excluding hydrogens is 224 g/mol. The van der Waals surface area contributed by atoms with Crippen LogP contribution in [0.4, 0.5) is 0 Å². The maximum absolute atomic E-state index is 11.9. The molecule has 1 saturated heterocycles. The first-order valence-electron chi connectivity index (χ1n) is 6.03. The first kappa shape index (κ1) is 15.7. The van der Waals surface area contributed by atoms with Crippen molar-refractivity contribution in [2.45, 2.75) is 40.2 Å². The van der Waals surface area contributed by atoms with Crippen molar-refractivity contribution in [3.63, 3.8) is 0 Å². The molecule has 0 saturated carbocycles. The highest BCUT2D eigenvalue weighted by Crippen LogP contribution is 2.14. The summed E-state index contributed by atoms with van der Waals surface area (Å²) in [6, 6.07) is 0.312. The molecule has 3 unspecified atom stereocenters. The summed E-state index contributed by atoms with van der Waals surface area (Å²) in [6.45, 7) is 10.4. The zero-order chi connectivity index (χ0) is 11.4. The lowest BCUT2D eigenvalue weighted by atomic mass is 9.92. The molecule has 0 aromatic carbocycles. The van der Waals surface area contributed by atoms with Crippen LogP contribution >= 0.6 is 12.4 Å². The first-order chi connectivity index (χ1) is 7.02. The Bertz CT molecular complexity index is 221. The molecule has 96 valence electrons. The van der Waals surface area contributed by atoms with Crippen molar-refractivity contribution in [2.24, 2.45) is 17.8 Å². The Hall–Kier alpha value is -0.280. The summed E-state index contributed by atoms with van der Waals surface area (Å²) in [5, 5.41) is 6.47. The summed E-state index contributed by atoms with van der Waals surface area (Å²) in [6.07, 6.45) is 1.15. The third kappa shape index (κ3) is 4.30. The summed E-state index contributed by atoms with van der Waals surface area (Å²) in [4.78, 5) is 11.9. The van der Waals surface area contributed by atoms with Gasteiger partial charge in [-0.3, -0.25) is 4.79 Å². The second-order valence-corrected chi connectivity index (χ2v) is 5.12. The number of carbonyl (C=O) groups excluding carboxylic acids is 1. The summed E-state index contributed by atoms with van der Waals surface area (Å²) in [5.41, 5.74) is 0. The van der Waals surface area contributed by atoms with Gasteiger partial charge in [0, 0.05) is 18.5 Å². The van der Waals surface area contributed by atoms with Crippen LogP contribution in [0.15, 0.2) is 0 Å². The van der Waals surface area contributed by atoms with Gasteiger partial charge in [0.1, 0.15) is 0 Å². The topological polar surface area (TPSA) is 41.1 Å². The van der Waals surface area contributed by atoms with Gasteiger partial charge < -0.3 is 10.6 Å². The zero-order valence-electron chi connectivity index (χ0n) is 10.7. The summed E-state index contributed by atoms with van der Waals surface area (Å²) >= 11 is 0. The number of piperidine rings is 1. The van der Waals surface area contributed by atoms with E-state index in [1.165, 1.54) is 0 Å². The second kappa shape index (κ2) is 7.13. The average molecular weight is 249 g/mol. The van der Waals surface area contributed by atoms with E-state index in [4.69, 9.17) is 0 Å². The number of hydrogen-bond acceptors (Lipinski definition) is 2. The number of carbonyl (C=O) groups is 1. The van der Waals surface area contributed by atoms with E-state index in [1.54, 1.807) is 0 Å². The highest BCUT2D eigenvalue weighted by Gasteiger charge is 2.25. The zero-order valence-corrected chi connectivity index (χ0v) is 11.6. The molecule has 1 amide bonds. The number of halogens is 1. The first-order valence-corrected chi connectivity index (χ1v) is 6.03. The highest BCUT2D eigenvalue weighted by molar-refractivity contribution is 5.85. The molecule has 1 heterocycles. The van der Waals surface area contributed by atoms with Gasteiger partial charge in [0.15, 0.2) is 0 Å². The van der Waals surface area contributed by atoms with Gasteiger partial charge >= 0.3 is 0 Å². The summed E-state index contributed by atoms with van der Waals surface area (Å²) in [7, 11) is 0. The van der Waals surface area contributed by atoms with Gasteiger partial charge in [-0.05, 0) is 24.8 Å². The van der Waals surface area contributed by atoms with E-state index in [2.05, 4.69) is 31.4 Å². The molecule has 1 aliphatic heterocycles. The Morgan fingerprint density at radius 2 is 2.00 bits per heavy atom. The van der Waals surface area contributed by atoms with Gasteiger partial charge in [-0.2, -0.15) is 0 Å². The molecule has 1 aliphatic rings. The molecule has 16 heavy (non-hydrogen) atoms. The molecule has 0 aliphatic carbocycles. The minimum atomic E-state index is 0. The van der Waals surface area contributed by atoms with Crippen molar-refractivity contribution in [3.8, 4) is 0 Å². The minimum Gasteiger partial charge on any atom is -0.352 e. The van der Waals surface area contributed by atoms with E-state index in [0.29, 0.717) is 17.9 Å². The highest BCUT2D eigenvalue weighted by atomic mass is 35.5. The Kier molecular flexibility index (Phi) is 7.00. The predicted molar refractivity (Wildman–Crippen MR) is 69.8 cm³/mol. The fourth-order valence-corrected chi connectivity index (χ4v) is 1.80. The van der Waals surface area contributed by atoms with Crippen LogP contribution in [0.3, 0.4) is 0 Å². The van der Waals surface area contributed by atoms with Crippen LogP contribution < -0.4 is 10.6 Å². The lowest BCUT2D eigenvalue weighted by Crippen LogP contribution is -2.51. The Morgan fingerprint density at radius 1 is 1.38 bits per heavy atom. The third-order valence-electron chi connectivity index (χ3n) is 3.57. The van der Waals surface area contributed by atoms with Crippen LogP contribution in [0.2, 0.25) is 0 Å². The van der Waals surface area contributed by atoms with Crippen LogP contribution in [-0.2, 0) is 4.79 Å². The van der Waals surface area contributed by atoms with Gasteiger partial charge in [0.2, 0.25) is 5.91 Å². The molecule has 3 nitrogen and oxygen atoms in total. The summed E-state index contributed by atoms with van der Waals surface area (Å²) in [5.74, 6) is 1.32. The Labute approximate surface area is 105 Å². The van der Waals surface area contributed by atoms with Gasteiger partial charge in [-0.1, -0.05) is 27.7 Å². The van der Waals surface area contributed by atoms with Gasteiger partial charge in [-0.15, -0.1) is 12.4 Å². The van der Waals surface area contributed by atoms with Gasteiger partial charge in [-0.25, -0.2) is 0 Å². The van der Waals surface area contributed by atoms with E-state index in [1.807, 2.05) is 6.92 Å². The van der Waals surface area contributed by atoms with Crippen molar-refractivity contribution in [1.82, 2.24) is 10.6 Å². The van der Waals surface area contributed by atoms with Gasteiger partial charge in [0.25, 0.3) is 0 Å². The van der Waals surface area contributed by atoms with E-state index in [0.717, 1.165) is 19.5 Å². The fourth-order valence-electron chi connectivity index (χ4n) is 1.80. The molecule has 1 fully saturated rings. The lowest BCUT2D eigenvalue weighted by Gasteiger charge is -2.31. The molecule has 1 rings (SSSR count).